The number of β-amino-alcohol motifs (C(OH)–C–C–N with tert-alkyl or cyclic N) is 1. The summed E-state index contributed by atoms with van der Waals surface area (Å²) in [6.07, 6.45) is 3.56. The number of aromatic amines is 1. The van der Waals surface area contributed by atoms with Gasteiger partial charge in [-0.2, -0.15) is 0 Å². The molecule has 0 radical (unpaired) electrons. The predicted molar refractivity (Wildman–Crippen MR) is 79.7 cm³/mol. The van der Waals surface area contributed by atoms with Gasteiger partial charge in [0, 0.05) is 36.6 Å². The SMILES string of the molecule is OC1CN(c2cccc(-c3ccnc4[nH]ccc34)c2)C1. The van der Waals surface area contributed by atoms with Gasteiger partial charge in [-0.15, -0.1) is 0 Å². The molecular weight excluding hydrogens is 250 g/mol. The molecule has 2 aromatic heterocycles. The zero-order valence-corrected chi connectivity index (χ0v) is 11.0. The number of benzene rings is 1. The summed E-state index contributed by atoms with van der Waals surface area (Å²) in [4.78, 5) is 9.65. The number of hydrogen-bond donors (Lipinski definition) is 2. The minimum atomic E-state index is -0.184. The average Bonchev–Trinajstić information content (AvgIpc) is 2.92. The maximum absolute atomic E-state index is 9.43. The third-order valence-electron chi connectivity index (χ3n) is 3.84. The fraction of sp³-hybridized carbons (Fsp3) is 0.188. The van der Waals surface area contributed by atoms with Gasteiger partial charge in [0.2, 0.25) is 0 Å². The molecule has 1 aliphatic rings. The Labute approximate surface area is 116 Å². The first-order valence-electron chi connectivity index (χ1n) is 6.77. The van der Waals surface area contributed by atoms with Crippen molar-refractivity contribution in [3.63, 3.8) is 0 Å². The summed E-state index contributed by atoms with van der Waals surface area (Å²) in [5, 5.41) is 10.6. The van der Waals surface area contributed by atoms with E-state index in [1.54, 1.807) is 0 Å². The van der Waals surface area contributed by atoms with Gasteiger partial charge in [-0.25, -0.2) is 4.98 Å². The highest BCUT2D eigenvalue weighted by atomic mass is 16.3. The molecule has 1 aliphatic heterocycles. The molecule has 0 saturated carbocycles. The van der Waals surface area contributed by atoms with E-state index < -0.39 is 0 Å². The Hall–Kier alpha value is -2.33. The molecule has 4 rings (SSSR count). The molecule has 0 spiro atoms. The Morgan fingerprint density at radius 2 is 2.10 bits per heavy atom. The zero-order chi connectivity index (χ0) is 13.5. The maximum atomic E-state index is 9.43. The summed E-state index contributed by atoms with van der Waals surface area (Å²) < 4.78 is 0. The van der Waals surface area contributed by atoms with Gasteiger partial charge in [-0.3, -0.25) is 0 Å². The van der Waals surface area contributed by atoms with Crippen LogP contribution in [0.1, 0.15) is 0 Å². The minimum Gasteiger partial charge on any atom is -0.389 e. The van der Waals surface area contributed by atoms with Crippen LogP contribution in [0.15, 0.2) is 48.8 Å². The fourth-order valence-corrected chi connectivity index (χ4v) is 2.75. The number of nitrogens with zero attached hydrogens (tertiary/aromatic N) is 2. The predicted octanol–water partition coefficient (Wildman–Crippen LogP) is 2.41. The fourth-order valence-electron chi connectivity index (χ4n) is 2.75. The molecule has 1 fully saturated rings. The van der Waals surface area contributed by atoms with Gasteiger partial charge in [-0.1, -0.05) is 12.1 Å². The van der Waals surface area contributed by atoms with E-state index in [2.05, 4.69) is 45.2 Å². The Morgan fingerprint density at radius 1 is 1.20 bits per heavy atom. The molecule has 4 nitrogen and oxygen atoms in total. The number of H-pyrrole nitrogens is 1. The van der Waals surface area contributed by atoms with Crippen LogP contribution in [0.3, 0.4) is 0 Å². The van der Waals surface area contributed by atoms with Gasteiger partial charge in [-0.05, 0) is 35.4 Å². The highest BCUT2D eigenvalue weighted by molar-refractivity contribution is 5.93. The van der Waals surface area contributed by atoms with Gasteiger partial charge in [0.15, 0.2) is 0 Å². The number of nitrogens with one attached hydrogen (secondary N) is 1. The third kappa shape index (κ3) is 1.77. The van der Waals surface area contributed by atoms with Crippen LogP contribution in [0.5, 0.6) is 0 Å². The molecule has 20 heavy (non-hydrogen) atoms. The number of rotatable bonds is 2. The molecule has 0 bridgehead atoms. The minimum absolute atomic E-state index is 0.184. The first-order chi connectivity index (χ1) is 9.81. The Morgan fingerprint density at radius 3 is 2.95 bits per heavy atom. The van der Waals surface area contributed by atoms with Gasteiger partial charge in [0.25, 0.3) is 0 Å². The van der Waals surface area contributed by atoms with E-state index in [-0.39, 0.29) is 6.10 Å². The summed E-state index contributed by atoms with van der Waals surface area (Å²) in [6.45, 7) is 1.44. The third-order valence-corrected chi connectivity index (χ3v) is 3.84. The zero-order valence-electron chi connectivity index (χ0n) is 11.0. The van der Waals surface area contributed by atoms with E-state index in [9.17, 15) is 5.11 Å². The van der Waals surface area contributed by atoms with Crippen LogP contribution in [0.25, 0.3) is 22.2 Å². The van der Waals surface area contributed by atoms with E-state index >= 15 is 0 Å². The molecule has 0 aliphatic carbocycles. The molecule has 0 amide bonds. The molecule has 1 saturated heterocycles. The van der Waals surface area contributed by atoms with Crippen molar-refractivity contribution in [2.24, 2.45) is 0 Å². The van der Waals surface area contributed by atoms with E-state index in [4.69, 9.17) is 0 Å². The van der Waals surface area contributed by atoms with Gasteiger partial charge in [0.1, 0.15) is 5.65 Å². The summed E-state index contributed by atoms with van der Waals surface area (Å²) >= 11 is 0. The summed E-state index contributed by atoms with van der Waals surface area (Å²) in [6, 6.07) is 12.5. The second kappa shape index (κ2) is 4.35. The lowest BCUT2D eigenvalue weighted by atomic mass is 10.0. The topological polar surface area (TPSA) is 52.1 Å². The van der Waals surface area contributed by atoms with Crippen LogP contribution in [0.2, 0.25) is 0 Å². The van der Waals surface area contributed by atoms with Gasteiger partial charge >= 0.3 is 0 Å². The monoisotopic (exact) mass is 265 g/mol. The first kappa shape index (κ1) is 11.5. The number of hydrogen-bond acceptors (Lipinski definition) is 3. The summed E-state index contributed by atoms with van der Waals surface area (Å²) in [5.41, 5.74) is 4.43. The first-order valence-corrected chi connectivity index (χ1v) is 6.77. The number of fused-ring (bicyclic) bond motifs is 1. The Kier molecular flexibility index (Phi) is 2.50. The lowest BCUT2D eigenvalue weighted by molar-refractivity contribution is 0.142. The van der Waals surface area contributed by atoms with Crippen molar-refractivity contribution < 1.29 is 5.11 Å². The summed E-state index contributed by atoms with van der Waals surface area (Å²) in [7, 11) is 0. The van der Waals surface area contributed by atoms with Crippen molar-refractivity contribution in [3.05, 3.63) is 48.8 Å². The van der Waals surface area contributed by atoms with Crippen molar-refractivity contribution in [3.8, 4) is 11.1 Å². The molecule has 0 atom stereocenters. The van der Waals surface area contributed by atoms with Gasteiger partial charge in [0.05, 0.1) is 6.10 Å². The van der Waals surface area contributed by atoms with Gasteiger partial charge < -0.3 is 15.0 Å². The quantitative estimate of drug-likeness (QED) is 0.748. The second-order valence-electron chi connectivity index (χ2n) is 5.21. The van der Waals surface area contributed by atoms with E-state index in [1.807, 2.05) is 18.5 Å². The molecule has 0 unspecified atom stereocenters. The number of aliphatic hydroxyl groups is 1. The van der Waals surface area contributed by atoms with Crippen LogP contribution in [-0.4, -0.2) is 34.3 Å². The van der Waals surface area contributed by atoms with E-state index in [1.165, 1.54) is 11.1 Å². The van der Waals surface area contributed by atoms with E-state index in [0.717, 1.165) is 29.8 Å². The molecule has 1 aromatic carbocycles. The van der Waals surface area contributed by atoms with Crippen molar-refractivity contribution in [2.75, 3.05) is 18.0 Å². The van der Waals surface area contributed by atoms with Crippen molar-refractivity contribution in [2.45, 2.75) is 6.10 Å². The van der Waals surface area contributed by atoms with Crippen LogP contribution in [0, 0.1) is 0 Å². The number of pyridine rings is 1. The maximum Gasteiger partial charge on any atom is 0.137 e. The normalized spacial score (nSPS) is 15.6. The molecule has 4 heteroatoms. The average molecular weight is 265 g/mol. The van der Waals surface area contributed by atoms with Crippen LogP contribution in [-0.2, 0) is 0 Å². The highest BCUT2D eigenvalue weighted by Crippen LogP contribution is 2.31. The molecule has 3 heterocycles. The second-order valence-corrected chi connectivity index (χ2v) is 5.21. The highest BCUT2D eigenvalue weighted by Gasteiger charge is 2.24. The van der Waals surface area contributed by atoms with E-state index in [0.29, 0.717) is 0 Å². The molecular formula is C16H15N3O. The molecule has 2 N–H and O–H groups in total. The summed E-state index contributed by atoms with van der Waals surface area (Å²) in [5.74, 6) is 0. The van der Waals surface area contributed by atoms with Crippen molar-refractivity contribution in [1.82, 2.24) is 9.97 Å². The van der Waals surface area contributed by atoms with Crippen molar-refractivity contribution >= 4 is 16.7 Å². The lowest BCUT2D eigenvalue weighted by Crippen LogP contribution is -2.50. The smallest absolute Gasteiger partial charge is 0.137 e. The number of aromatic nitrogens is 2. The number of aliphatic hydroxyl groups excluding tert-OH is 1. The van der Waals surface area contributed by atoms with Crippen LogP contribution in [0.4, 0.5) is 5.69 Å². The van der Waals surface area contributed by atoms with Crippen LogP contribution >= 0.6 is 0 Å². The van der Waals surface area contributed by atoms with Crippen LogP contribution < -0.4 is 4.90 Å². The lowest BCUT2D eigenvalue weighted by Gasteiger charge is -2.38. The largest absolute Gasteiger partial charge is 0.389 e. The standard InChI is InChI=1S/C16H15N3O/c20-13-9-19(10-13)12-3-1-2-11(8-12)14-4-6-17-16-15(14)5-7-18-16/h1-8,13,20H,9-10H2,(H,17,18). The Balaban J connectivity index is 1.78. The number of anilines is 1. The molecule has 100 valence electrons. The van der Waals surface area contributed by atoms with Crippen molar-refractivity contribution in [1.29, 1.82) is 0 Å². The Bertz CT molecular complexity index is 759. The molecule has 3 aromatic rings.